The highest BCUT2D eigenvalue weighted by atomic mass is 32.2. The lowest BCUT2D eigenvalue weighted by Crippen LogP contribution is -2.24. The van der Waals surface area contributed by atoms with Crippen molar-refractivity contribution in [2.45, 2.75) is 30.1 Å². The molecule has 0 spiro atoms. The summed E-state index contributed by atoms with van der Waals surface area (Å²) in [6.45, 7) is 0.412. The molecule has 0 saturated carbocycles. The highest BCUT2D eigenvalue weighted by Gasteiger charge is 2.50. The zero-order valence-corrected chi connectivity index (χ0v) is 8.14. The molecule has 5 nitrogen and oxygen atoms in total. The first kappa shape index (κ1) is 10.4. The monoisotopic (exact) mass is 241 g/mol. The zero-order chi connectivity index (χ0) is 11.3. The number of aryl methyl sites for hydroxylation is 2. The van der Waals surface area contributed by atoms with Gasteiger partial charge in [0.05, 0.1) is 0 Å². The van der Waals surface area contributed by atoms with Crippen LogP contribution in [0.5, 0.6) is 0 Å². The first-order valence-electron chi connectivity index (χ1n) is 4.07. The van der Waals surface area contributed by atoms with E-state index in [2.05, 4.69) is 10.1 Å². The van der Waals surface area contributed by atoms with Gasteiger partial charge in [-0.3, -0.25) is 0 Å². The van der Waals surface area contributed by atoms with E-state index in [1.165, 1.54) is 4.68 Å². The number of hydrogen-bond donors (Lipinski definition) is 0. The van der Waals surface area contributed by atoms with Crippen LogP contribution in [0.15, 0.2) is 5.16 Å². The lowest BCUT2D eigenvalue weighted by Gasteiger charge is -2.03. The Morgan fingerprint density at radius 3 is 2.53 bits per heavy atom. The fourth-order valence-corrected chi connectivity index (χ4v) is 1.96. The van der Waals surface area contributed by atoms with Gasteiger partial charge < -0.3 is 0 Å². The second kappa shape index (κ2) is 2.94. The maximum atomic E-state index is 12.1. The van der Waals surface area contributed by atoms with Gasteiger partial charge in [-0.2, -0.15) is 13.2 Å². The van der Waals surface area contributed by atoms with Gasteiger partial charge in [-0.15, -0.1) is 5.10 Å². The minimum atomic E-state index is -5.40. The quantitative estimate of drug-likeness (QED) is 0.718. The zero-order valence-electron chi connectivity index (χ0n) is 7.32. The van der Waals surface area contributed by atoms with Gasteiger partial charge in [0.1, 0.15) is 5.82 Å². The molecule has 1 aliphatic heterocycles. The van der Waals surface area contributed by atoms with E-state index in [4.69, 9.17) is 0 Å². The van der Waals surface area contributed by atoms with E-state index in [1.54, 1.807) is 0 Å². The molecule has 84 valence electrons. The van der Waals surface area contributed by atoms with Crippen LogP contribution < -0.4 is 0 Å². The summed E-state index contributed by atoms with van der Waals surface area (Å²) in [5.74, 6) is 0.290. The SMILES string of the molecule is O=S(=O)(c1nc2n(n1)CCC2)C(F)(F)F. The van der Waals surface area contributed by atoms with Gasteiger partial charge in [-0.05, 0) is 6.42 Å². The number of nitrogens with zero attached hydrogens (tertiary/aromatic N) is 3. The van der Waals surface area contributed by atoms with Crippen molar-refractivity contribution < 1.29 is 21.6 Å². The van der Waals surface area contributed by atoms with Gasteiger partial charge in [0.2, 0.25) is 0 Å². The van der Waals surface area contributed by atoms with Crippen LogP contribution in [0, 0.1) is 0 Å². The van der Waals surface area contributed by atoms with Crippen LogP contribution in [0.3, 0.4) is 0 Å². The number of halogens is 3. The number of alkyl halides is 3. The van der Waals surface area contributed by atoms with Crippen LogP contribution in [0.4, 0.5) is 13.2 Å². The number of sulfone groups is 1. The fraction of sp³-hybridized carbons (Fsp3) is 0.667. The Bertz CT molecular complexity index is 469. The van der Waals surface area contributed by atoms with Crippen LogP contribution in [-0.2, 0) is 22.8 Å². The Labute approximate surface area is 82.8 Å². The molecule has 0 atom stereocenters. The molecule has 0 radical (unpaired) electrons. The van der Waals surface area contributed by atoms with E-state index in [0.717, 1.165) is 6.42 Å². The average molecular weight is 241 g/mol. The van der Waals surface area contributed by atoms with E-state index in [0.29, 0.717) is 13.0 Å². The largest absolute Gasteiger partial charge is 0.505 e. The number of fused-ring (bicyclic) bond motifs is 1. The van der Waals surface area contributed by atoms with E-state index in [-0.39, 0.29) is 5.82 Å². The van der Waals surface area contributed by atoms with Gasteiger partial charge in [-0.1, -0.05) is 0 Å². The second-order valence-corrected chi connectivity index (χ2v) is 4.92. The summed E-state index contributed by atoms with van der Waals surface area (Å²) >= 11 is 0. The van der Waals surface area contributed by atoms with Gasteiger partial charge in [0, 0.05) is 13.0 Å². The molecule has 9 heteroatoms. The van der Waals surface area contributed by atoms with Crippen molar-refractivity contribution in [3.05, 3.63) is 5.82 Å². The van der Waals surface area contributed by atoms with Crippen LogP contribution >= 0.6 is 0 Å². The standard InChI is InChI=1S/C6H6F3N3O2S/c7-6(8,9)15(13,14)5-10-4-2-1-3-12(4)11-5/h1-3H2. The topological polar surface area (TPSA) is 64.8 Å². The number of hydrogen-bond acceptors (Lipinski definition) is 4. The van der Waals surface area contributed by atoms with Crippen molar-refractivity contribution in [1.82, 2.24) is 14.8 Å². The third kappa shape index (κ3) is 1.50. The molecule has 0 fully saturated rings. The van der Waals surface area contributed by atoms with Crippen LogP contribution in [0.1, 0.15) is 12.2 Å². The Morgan fingerprint density at radius 2 is 2.00 bits per heavy atom. The van der Waals surface area contributed by atoms with Gasteiger partial charge >= 0.3 is 15.3 Å². The molecule has 2 rings (SSSR count). The molecule has 0 saturated heterocycles. The first-order chi connectivity index (χ1) is 6.82. The number of aromatic nitrogens is 3. The average Bonchev–Trinajstić information content (AvgIpc) is 2.57. The normalized spacial score (nSPS) is 16.7. The van der Waals surface area contributed by atoms with E-state index in [1.807, 2.05) is 0 Å². The smallest absolute Gasteiger partial charge is 0.249 e. The Balaban J connectivity index is 2.47. The van der Waals surface area contributed by atoms with Gasteiger partial charge in [-0.25, -0.2) is 18.1 Å². The summed E-state index contributed by atoms with van der Waals surface area (Å²) in [5, 5.41) is 2.18. The highest BCUT2D eigenvalue weighted by molar-refractivity contribution is 7.92. The highest BCUT2D eigenvalue weighted by Crippen LogP contribution is 2.29. The third-order valence-corrected chi connectivity index (χ3v) is 3.31. The van der Waals surface area contributed by atoms with Crippen molar-refractivity contribution >= 4 is 9.84 Å². The molecule has 15 heavy (non-hydrogen) atoms. The Morgan fingerprint density at radius 1 is 1.33 bits per heavy atom. The summed E-state index contributed by atoms with van der Waals surface area (Å²) < 4.78 is 59.3. The predicted molar refractivity (Wildman–Crippen MR) is 41.6 cm³/mol. The molecule has 0 amide bonds. The van der Waals surface area contributed by atoms with E-state index < -0.39 is 20.5 Å². The minimum absolute atomic E-state index is 0.290. The minimum Gasteiger partial charge on any atom is -0.249 e. The third-order valence-electron chi connectivity index (χ3n) is 2.04. The summed E-state index contributed by atoms with van der Waals surface area (Å²) in [7, 11) is -5.40. The Hall–Kier alpha value is -1.12. The van der Waals surface area contributed by atoms with Crippen molar-refractivity contribution in [1.29, 1.82) is 0 Å². The maximum Gasteiger partial charge on any atom is 0.505 e. The summed E-state index contributed by atoms with van der Waals surface area (Å²) in [5.41, 5.74) is -5.34. The molecule has 1 aromatic rings. The van der Waals surface area contributed by atoms with E-state index in [9.17, 15) is 21.6 Å². The van der Waals surface area contributed by atoms with Crippen molar-refractivity contribution in [2.24, 2.45) is 0 Å². The fourth-order valence-electron chi connectivity index (χ4n) is 1.32. The first-order valence-corrected chi connectivity index (χ1v) is 5.56. The lowest BCUT2D eigenvalue weighted by atomic mass is 10.4. The van der Waals surface area contributed by atoms with Crippen LogP contribution in [0.2, 0.25) is 0 Å². The number of rotatable bonds is 1. The second-order valence-electron chi connectivity index (χ2n) is 3.09. The molecule has 1 aromatic heterocycles. The molecular formula is C6H6F3N3O2S. The van der Waals surface area contributed by atoms with Gasteiger partial charge in [0.25, 0.3) is 5.16 Å². The van der Waals surface area contributed by atoms with Crippen LogP contribution in [-0.4, -0.2) is 28.7 Å². The molecule has 0 unspecified atom stereocenters. The van der Waals surface area contributed by atoms with Crippen molar-refractivity contribution in [3.8, 4) is 0 Å². The predicted octanol–water partition coefficient (Wildman–Crippen LogP) is 0.518. The Kier molecular flexibility index (Phi) is 2.04. The van der Waals surface area contributed by atoms with Crippen molar-refractivity contribution in [3.63, 3.8) is 0 Å². The molecular weight excluding hydrogens is 235 g/mol. The molecule has 0 bridgehead atoms. The summed E-state index contributed by atoms with van der Waals surface area (Å²) in [6, 6.07) is 0. The van der Waals surface area contributed by atoms with E-state index >= 15 is 0 Å². The summed E-state index contributed by atoms with van der Waals surface area (Å²) in [6.07, 6.45) is 1.18. The lowest BCUT2D eigenvalue weighted by molar-refractivity contribution is -0.0440. The maximum absolute atomic E-state index is 12.1. The van der Waals surface area contributed by atoms with Gasteiger partial charge in [0.15, 0.2) is 0 Å². The molecule has 0 aromatic carbocycles. The molecule has 0 N–H and O–H groups in total. The molecule has 0 aliphatic carbocycles. The van der Waals surface area contributed by atoms with Crippen molar-refractivity contribution in [2.75, 3.05) is 0 Å². The molecule has 2 heterocycles. The van der Waals surface area contributed by atoms with Crippen LogP contribution in [0.25, 0.3) is 0 Å². The summed E-state index contributed by atoms with van der Waals surface area (Å²) in [4.78, 5) is 3.37. The molecule has 1 aliphatic rings.